The zero-order chi connectivity index (χ0) is 82.0. The number of para-hydroxylation sites is 2. The summed E-state index contributed by atoms with van der Waals surface area (Å²) < 4.78 is 137. The first-order valence-electron chi connectivity index (χ1n) is 35.1. The monoisotopic (exact) mass is 1630 g/mol. The minimum absolute atomic E-state index is 0. The Bertz CT molecular complexity index is 5970. The predicted octanol–water partition coefficient (Wildman–Crippen LogP) is 17.9. The van der Waals surface area contributed by atoms with Gasteiger partial charge in [-0.15, -0.1) is 43.8 Å². The summed E-state index contributed by atoms with van der Waals surface area (Å²) in [6.45, 7) is 2.51. The summed E-state index contributed by atoms with van der Waals surface area (Å²) in [6.07, 6.45) is -5.01. The Morgan fingerprint density at radius 3 is 1.45 bits per heavy atom. The molecule has 0 fully saturated rings. The molecule has 598 valence electrons. The van der Waals surface area contributed by atoms with Gasteiger partial charge in [0.25, 0.3) is 17.7 Å². The summed E-state index contributed by atoms with van der Waals surface area (Å²) in [6, 6.07) is 63.1. The molecule has 0 saturated carbocycles. The van der Waals surface area contributed by atoms with Crippen LogP contribution in [0.25, 0.3) is 22.2 Å². The zero-order valence-electron chi connectivity index (χ0n) is 60.9. The van der Waals surface area contributed by atoms with Gasteiger partial charge in [0.15, 0.2) is 23.2 Å². The number of furan rings is 1. The minimum Gasteiger partial charge on any atom is -0.451 e. The largest absolute Gasteiger partial charge is 0.573 e. The highest BCUT2D eigenvalue weighted by atomic mass is 35.5. The Labute approximate surface area is 675 Å². The molecule has 0 atom stereocenters. The first kappa shape index (κ1) is 85.8. The maximum atomic E-state index is 14.6. The number of fused-ring (bicyclic) bond motifs is 1. The highest BCUT2D eigenvalue weighted by Gasteiger charge is 2.36. The lowest BCUT2D eigenvalue weighted by Gasteiger charge is -2.24. The van der Waals surface area contributed by atoms with E-state index < -0.39 is 47.3 Å². The number of amides is 3. The molecule has 14 aromatic rings. The molecule has 0 N–H and O–H groups in total. The first-order chi connectivity index (χ1) is 55.8. The average Bonchev–Trinajstić information content (AvgIpc) is 1.39. The zero-order valence-corrected chi connectivity index (χ0v) is 61.6. The van der Waals surface area contributed by atoms with Crippen LogP contribution in [-0.2, 0) is 65.1 Å². The Morgan fingerprint density at radius 1 is 0.475 bits per heavy atom. The molecule has 0 saturated heterocycles. The van der Waals surface area contributed by atoms with Crippen molar-refractivity contribution in [1.82, 2.24) is 69.0 Å². The minimum atomic E-state index is -4.90. The second kappa shape index (κ2) is 38.9. The predicted molar refractivity (Wildman–Crippen MR) is 416 cm³/mol. The van der Waals surface area contributed by atoms with E-state index >= 15 is 0 Å². The number of carbonyl (C=O) groups excluding carboxylic acids is 3. The molecule has 8 aromatic carbocycles. The fourth-order valence-electron chi connectivity index (χ4n) is 12.1. The molecular weight excluding hydrogens is 1560 g/mol. The molecule has 0 bridgehead atoms. The van der Waals surface area contributed by atoms with Gasteiger partial charge in [0, 0.05) is 41.2 Å². The highest BCUT2D eigenvalue weighted by molar-refractivity contribution is 6.29. The molecular formula is C86H69ClF9N17O5. The third kappa shape index (κ3) is 22.4. The van der Waals surface area contributed by atoms with Crippen molar-refractivity contribution in [3.8, 4) is 35.3 Å². The Hall–Kier alpha value is -14.6. The lowest BCUT2D eigenvalue weighted by atomic mass is 10.1. The smallest absolute Gasteiger partial charge is 0.451 e. The summed E-state index contributed by atoms with van der Waals surface area (Å²) in [5.74, 6) is -3.19. The van der Waals surface area contributed by atoms with E-state index in [2.05, 4.69) is 57.4 Å². The molecule has 6 heterocycles. The molecule has 6 aromatic heterocycles. The van der Waals surface area contributed by atoms with Gasteiger partial charge in [-0.2, -0.15) is 29.0 Å². The molecule has 0 radical (unpaired) electrons. The second-order valence-electron chi connectivity index (χ2n) is 25.9. The third-order valence-electron chi connectivity index (χ3n) is 17.9. The second-order valence-corrected chi connectivity index (χ2v) is 26.3. The number of rotatable bonds is 23. The third-order valence-corrected chi connectivity index (χ3v) is 18.1. The fraction of sp³-hybridized carbons (Fsp3) is 0.163. The molecule has 118 heavy (non-hydrogen) atoms. The summed E-state index contributed by atoms with van der Waals surface area (Å²) in [7, 11) is 0. The molecule has 0 aliphatic heterocycles. The van der Waals surface area contributed by atoms with Crippen molar-refractivity contribution in [1.29, 1.82) is 15.8 Å². The molecule has 0 aliphatic rings. The lowest BCUT2D eigenvalue weighted by molar-refractivity contribution is -0.275. The molecule has 32 heteroatoms. The van der Waals surface area contributed by atoms with E-state index in [0.29, 0.717) is 65.4 Å². The number of nitrogens with zero attached hydrogens (tertiary/aromatic N) is 17. The number of carbonyl (C=O) groups is 3. The van der Waals surface area contributed by atoms with Crippen LogP contribution in [-0.4, -0.2) is 93.0 Å². The van der Waals surface area contributed by atoms with Crippen molar-refractivity contribution < 1.29 is 63.1 Å². The number of aryl methyl sites for hydroxylation is 1. The van der Waals surface area contributed by atoms with Crippen molar-refractivity contribution in [2.75, 3.05) is 0 Å². The SMILES string of the molecule is C.C.Cc1cc(F)ccc1CN(Cc1nncn1Cc1ccc(C#N)cc1)C(=O)c1cccc(Cl)n1.N#Cc1ccc(Cn2cnnc2CN(Cc2ccc(F)cc2F)C(=O)c2ccc(-c3ccccc3C(F)(F)F)o2)cc1.N#Cc1ccc(Cn2cnnc2CN(Cc2ccccc2OC(F)(F)F)C(=O)c2ccc3ccccc3n2)cc1. The molecule has 14 rings (SSSR count). The van der Waals surface area contributed by atoms with Crippen LogP contribution in [0.4, 0.5) is 39.5 Å². The van der Waals surface area contributed by atoms with E-state index in [1.165, 1.54) is 89.2 Å². The van der Waals surface area contributed by atoms with Gasteiger partial charge in [-0.3, -0.25) is 14.4 Å². The Kier molecular flexibility index (Phi) is 28.3. The lowest BCUT2D eigenvalue weighted by Crippen LogP contribution is -2.32. The number of ether oxygens (including phenoxy) is 1. The fourth-order valence-corrected chi connectivity index (χ4v) is 12.2. The molecule has 0 spiro atoms. The van der Waals surface area contributed by atoms with Gasteiger partial charge in [-0.1, -0.05) is 142 Å². The van der Waals surface area contributed by atoms with Crippen LogP contribution in [0.15, 0.2) is 248 Å². The van der Waals surface area contributed by atoms with Crippen molar-refractivity contribution >= 4 is 40.2 Å². The number of aromatic nitrogens is 11. The van der Waals surface area contributed by atoms with E-state index in [9.17, 15) is 53.9 Å². The van der Waals surface area contributed by atoms with Crippen molar-refractivity contribution in [3.05, 3.63) is 362 Å². The van der Waals surface area contributed by atoms with Gasteiger partial charge < -0.3 is 37.6 Å². The normalized spacial score (nSPS) is 10.9. The molecule has 0 unspecified atom stereocenters. The van der Waals surface area contributed by atoms with E-state index in [4.69, 9.17) is 31.8 Å². The van der Waals surface area contributed by atoms with Crippen LogP contribution < -0.4 is 4.74 Å². The molecule has 22 nitrogen and oxygen atoms in total. The quantitative estimate of drug-likeness (QED) is 0.0425. The van der Waals surface area contributed by atoms with Gasteiger partial charge in [0.1, 0.15) is 64.5 Å². The maximum Gasteiger partial charge on any atom is 0.573 e. The molecule has 3 amide bonds. The number of halogens is 10. The number of hydrogen-bond donors (Lipinski definition) is 0. The molecule has 0 aliphatic carbocycles. The number of hydrogen-bond acceptors (Lipinski definition) is 16. The standard InChI is InChI=1S/C30H20F5N5O2.C29H21F3N6O2.C25H20ClFN6O.2CH4/c31-22-10-9-21(25(32)13-22)16-39(17-28-38-37-18-40(28)15-20-7-5-19(14-36)6-8-20)29(41)27-12-11-26(42-27)23-3-1-2-4-24(23)30(33,34)35;30-29(31,32)40-26-8-4-2-6-23(26)17-37(28(39)25-14-13-22-5-1-3-7-24(22)35-25)18-27-36-34-19-38(27)16-21-11-9-20(15-33)10-12-21;1-17-11-21(27)10-9-20(17)14-32(25(34)22-3-2-4-23(26)30-22)15-24-31-29-16-33(24)13-19-7-5-18(12-28)6-8-19;;/h1-13,18H,15-17H2;1-14,19H,16-18H2;2-11,16H,13-15H2,1H3;2*1H4. The summed E-state index contributed by atoms with van der Waals surface area (Å²) >= 11 is 6.01. The number of benzene rings is 8. The summed E-state index contributed by atoms with van der Waals surface area (Å²) in [5.41, 5.74) is 5.68. The van der Waals surface area contributed by atoms with Gasteiger partial charge in [-0.25, -0.2) is 23.1 Å². The van der Waals surface area contributed by atoms with Crippen LogP contribution in [0.5, 0.6) is 5.75 Å². The topological polar surface area (TPSA) is 273 Å². The summed E-state index contributed by atoms with van der Waals surface area (Å²) in [4.78, 5) is 53.6. The van der Waals surface area contributed by atoms with Crippen molar-refractivity contribution in [2.45, 2.75) is 93.2 Å². The van der Waals surface area contributed by atoms with Gasteiger partial charge in [0.2, 0.25) is 0 Å². The van der Waals surface area contributed by atoms with E-state index in [1.54, 1.807) is 143 Å². The highest BCUT2D eigenvalue weighted by Crippen LogP contribution is 2.38. The number of nitriles is 3. The van der Waals surface area contributed by atoms with E-state index in [-0.39, 0.29) is 111 Å². The Balaban J connectivity index is 0.000000186. The van der Waals surface area contributed by atoms with Gasteiger partial charge >= 0.3 is 12.5 Å². The van der Waals surface area contributed by atoms with Gasteiger partial charge in [0.05, 0.1) is 91.8 Å². The van der Waals surface area contributed by atoms with Crippen LogP contribution in [0.2, 0.25) is 5.15 Å². The van der Waals surface area contributed by atoms with E-state index in [1.807, 2.05) is 34.9 Å². The van der Waals surface area contributed by atoms with E-state index in [0.717, 1.165) is 45.3 Å². The Morgan fingerprint density at radius 2 is 0.941 bits per heavy atom. The maximum absolute atomic E-state index is 14.6. The average molecular weight is 1630 g/mol. The van der Waals surface area contributed by atoms with Crippen LogP contribution in [0.1, 0.15) is 125 Å². The number of alkyl halides is 6. The van der Waals surface area contributed by atoms with Crippen molar-refractivity contribution in [3.63, 3.8) is 0 Å². The van der Waals surface area contributed by atoms with Crippen LogP contribution >= 0.6 is 11.6 Å². The summed E-state index contributed by atoms with van der Waals surface area (Å²) in [5, 5.41) is 52.5. The van der Waals surface area contributed by atoms with Crippen LogP contribution in [0.3, 0.4) is 0 Å². The van der Waals surface area contributed by atoms with Crippen LogP contribution in [0, 0.1) is 58.4 Å². The van der Waals surface area contributed by atoms with Crippen molar-refractivity contribution in [2.24, 2.45) is 0 Å². The first-order valence-corrected chi connectivity index (χ1v) is 35.4. The number of pyridine rings is 2. The van der Waals surface area contributed by atoms with Gasteiger partial charge in [-0.05, 0) is 138 Å².